The molecule has 3 heterocycles. The van der Waals surface area contributed by atoms with Crippen molar-refractivity contribution >= 4 is 17.3 Å². The molecule has 2 aliphatic rings. The average Bonchev–Trinajstić information content (AvgIpc) is 3.54. The van der Waals surface area contributed by atoms with Gasteiger partial charge in [0.1, 0.15) is 5.75 Å². The summed E-state index contributed by atoms with van der Waals surface area (Å²) in [6, 6.07) is 17.5. The van der Waals surface area contributed by atoms with Crippen LogP contribution in [0, 0.1) is 13.8 Å². The quantitative estimate of drug-likeness (QED) is 0.471. The molecular formula is C27H32N4OS. The minimum Gasteiger partial charge on any atom is -0.497 e. The third-order valence-electron chi connectivity index (χ3n) is 7.24. The zero-order chi connectivity index (χ0) is 22.9. The van der Waals surface area contributed by atoms with E-state index in [2.05, 4.69) is 59.0 Å². The Morgan fingerprint density at radius 1 is 1.09 bits per heavy atom. The van der Waals surface area contributed by atoms with Gasteiger partial charge >= 0.3 is 0 Å². The average molecular weight is 461 g/mol. The number of nitrogens with one attached hydrogen (secondary N) is 1. The first-order valence-corrected chi connectivity index (χ1v) is 12.3. The number of pyridine rings is 1. The number of thiocarbonyl (C=S) groups is 1. The highest BCUT2D eigenvalue weighted by molar-refractivity contribution is 7.80. The molecule has 2 fully saturated rings. The van der Waals surface area contributed by atoms with Crippen LogP contribution in [0.15, 0.2) is 54.7 Å². The molecule has 1 saturated heterocycles. The number of nitrogens with zero attached hydrogens (tertiary/aromatic N) is 3. The molecule has 0 spiro atoms. The predicted molar refractivity (Wildman–Crippen MR) is 135 cm³/mol. The molecule has 1 N–H and O–H groups in total. The lowest BCUT2D eigenvalue weighted by atomic mass is 9.96. The van der Waals surface area contributed by atoms with E-state index in [1.807, 2.05) is 24.4 Å². The Kier molecular flexibility index (Phi) is 6.11. The van der Waals surface area contributed by atoms with Crippen LogP contribution in [0.3, 0.4) is 0 Å². The molecule has 172 valence electrons. The standard InChI is InChI=1S/C27H32N4OS/c1-18-16-23(19(2)31(18)21-8-4-5-9-21)26-25(24-10-6-7-15-28-24)29-27(33)30(26)17-20-11-13-22(32-3)14-12-20/h6-7,10-16,21,25-26H,4-5,8-9,17H2,1-3H3,(H,29,33). The Bertz CT molecular complexity index is 1120. The topological polar surface area (TPSA) is 42.3 Å². The first-order chi connectivity index (χ1) is 16.1. The lowest BCUT2D eigenvalue weighted by molar-refractivity contribution is 0.309. The highest BCUT2D eigenvalue weighted by Gasteiger charge is 2.41. The van der Waals surface area contributed by atoms with E-state index in [4.69, 9.17) is 21.9 Å². The first-order valence-electron chi connectivity index (χ1n) is 11.9. The van der Waals surface area contributed by atoms with Gasteiger partial charge in [0, 0.05) is 30.2 Å². The van der Waals surface area contributed by atoms with Crippen molar-refractivity contribution in [3.8, 4) is 5.75 Å². The van der Waals surface area contributed by atoms with Crippen molar-refractivity contribution in [2.75, 3.05) is 7.11 Å². The van der Waals surface area contributed by atoms with Crippen molar-refractivity contribution in [1.29, 1.82) is 0 Å². The van der Waals surface area contributed by atoms with E-state index in [1.54, 1.807) is 7.11 Å². The summed E-state index contributed by atoms with van der Waals surface area (Å²) >= 11 is 5.89. The molecular weight excluding hydrogens is 428 g/mol. The van der Waals surface area contributed by atoms with E-state index < -0.39 is 0 Å². The second-order valence-electron chi connectivity index (χ2n) is 9.24. The number of methoxy groups -OCH3 is 1. The van der Waals surface area contributed by atoms with E-state index in [9.17, 15) is 0 Å². The van der Waals surface area contributed by atoms with Gasteiger partial charge in [-0.3, -0.25) is 4.98 Å². The normalized spacial score (nSPS) is 20.9. The minimum absolute atomic E-state index is 0.00877. The molecule has 33 heavy (non-hydrogen) atoms. The first kappa shape index (κ1) is 22.0. The summed E-state index contributed by atoms with van der Waals surface area (Å²) in [7, 11) is 1.70. The fourth-order valence-corrected chi connectivity index (χ4v) is 5.97. The van der Waals surface area contributed by atoms with E-state index >= 15 is 0 Å². The van der Waals surface area contributed by atoms with Crippen molar-refractivity contribution in [2.45, 2.75) is 64.2 Å². The van der Waals surface area contributed by atoms with E-state index in [0.717, 1.165) is 23.1 Å². The highest BCUT2D eigenvalue weighted by Crippen LogP contribution is 2.43. The molecule has 1 aliphatic carbocycles. The van der Waals surface area contributed by atoms with Gasteiger partial charge in [0.05, 0.1) is 24.9 Å². The third-order valence-corrected chi connectivity index (χ3v) is 7.59. The van der Waals surface area contributed by atoms with Gasteiger partial charge in [-0.1, -0.05) is 31.0 Å². The molecule has 2 unspecified atom stereocenters. The van der Waals surface area contributed by atoms with Crippen LogP contribution >= 0.6 is 12.2 Å². The number of ether oxygens (including phenoxy) is 1. The predicted octanol–water partition coefficient (Wildman–Crippen LogP) is 5.80. The molecule has 5 rings (SSSR count). The number of rotatable bonds is 6. The van der Waals surface area contributed by atoms with Gasteiger partial charge in [0.15, 0.2) is 5.11 Å². The van der Waals surface area contributed by atoms with Crippen molar-refractivity contribution in [2.24, 2.45) is 0 Å². The van der Waals surface area contributed by atoms with Gasteiger partial charge in [-0.2, -0.15) is 0 Å². The van der Waals surface area contributed by atoms with E-state index in [0.29, 0.717) is 6.04 Å². The van der Waals surface area contributed by atoms with Crippen LogP contribution in [-0.2, 0) is 6.54 Å². The summed E-state index contributed by atoms with van der Waals surface area (Å²) in [6.07, 6.45) is 7.07. The summed E-state index contributed by atoms with van der Waals surface area (Å²) in [5.41, 5.74) is 6.27. The van der Waals surface area contributed by atoms with Crippen LogP contribution in [0.5, 0.6) is 5.75 Å². The molecule has 6 heteroatoms. The Balaban J connectivity index is 1.55. The number of aromatic nitrogens is 2. The molecule has 1 aliphatic heterocycles. The summed E-state index contributed by atoms with van der Waals surface area (Å²) in [5, 5.41) is 4.37. The number of aryl methyl sites for hydroxylation is 1. The van der Waals surface area contributed by atoms with Crippen LogP contribution in [0.4, 0.5) is 0 Å². The van der Waals surface area contributed by atoms with Crippen molar-refractivity contribution in [1.82, 2.24) is 19.8 Å². The smallest absolute Gasteiger partial charge is 0.170 e. The Morgan fingerprint density at radius 2 is 1.85 bits per heavy atom. The van der Waals surface area contributed by atoms with Crippen LogP contribution in [-0.4, -0.2) is 26.7 Å². The highest BCUT2D eigenvalue weighted by atomic mass is 32.1. The summed E-state index contributed by atoms with van der Waals surface area (Å²) < 4.78 is 7.92. The van der Waals surface area contributed by atoms with E-state index in [1.165, 1.54) is 48.2 Å². The Morgan fingerprint density at radius 3 is 2.52 bits per heavy atom. The zero-order valence-electron chi connectivity index (χ0n) is 19.6. The lowest BCUT2D eigenvalue weighted by Crippen LogP contribution is -2.29. The fourth-order valence-electron chi connectivity index (χ4n) is 5.67. The van der Waals surface area contributed by atoms with Crippen LogP contribution in [0.1, 0.15) is 72.0 Å². The summed E-state index contributed by atoms with van der Waals surface area (Å²) in [4.78, 5) is 7.03. The number of hydrogen-bond donors (Lipinski definition) is 1. The second kappa shape index (κ2) is 9.18. The van der Waals surface area contributed by atoms with Gasteiger partial charge in [-0.05, 0) is 80.4 Å². The number of hydrogen-bond acceptors (Lipinski definition) is 3. The maximum atomic E-state index is 5.89. The van der Waals surface area contributed by atoms with Crippen molar-refractivity contribution in [3.63, 3.8) is 0 Å². The van der Waals surface area contributed by atoms with Crippen molar-refractivity contribution < 1.29 is 4.74 Å². The third kappa shape index (κ3) is 4.12. The molecule has 2 atom stereocenters. The monoisotopic (exact) mass is 460 g/mol. The molecule has 0 amide bonds. The number of benzene rings is 1. The van der Waals surface area contributed by atoms with Gasteiger partial charge in [-0.25, -0.2) is 0 Å². The second-order valence-corrected chi connectivity index (χ2v) is 9.62. The molecule has 2 aromatic heterocycles. The lowest BCUT2D eigenvalue weighted by Gasteiger charge is -2.28. The molecule has 3 aromatic rings. The maximum absolute atomic E-state index is 5.89. The van der Waals surface area contributed by atoms with E-state index in [-0.39, 0.29) is 12.1 Å². The summed E-state index contributed by atoms with van der Waals surface area (Å²) in [6.45, 7) is 5.26. The van der Waals surface area contributed by atoms with Gasteiger partial charge in [-0.15, -0.1) is 0 Å². The Labute approximate surface area is 201 Å². The Hall–Kier alpha value is -2.86. The van der Waals surface area contributed by atoms with Crippen LogP contribution in [0.2, 0.25) is 0 Å². The molecule has 1 saturated carbocycles. The molecule has 0 radical (unpaired) electrons. The van der Waals surface area contributed by atoms with Gasteiger partial charge < -0.3 is 19.5 Å². The largest absolute Gasteiger partial charge is 0.497 e. The van der Waals surface area contributed by atoms with Crippen molar-refractivity contribution in [3.05, 3.63) is 82.9 Å². The SMILES string of the molecule is COc1ccc(CN2C(=S)NC(c3ccccn3)C2c2cc(C)n(C3CCCC3)c2C)cc1. The molecule has 1 aromatic carbocycles. The van der Waals surface area contributed by atoms with Gasteiger partial charge in [0.2, 0.25) is 0 Å². The van der Waals surface area contributed by atoms with Crippen LogP contribution < -0.4 is 10.1 Å². The fraction of sp³-hybridized carbons (Fsp3) is 0.407. The zero-order valence-corrected chi connectivity index (χ0v) is 20.4. The summed E-state index contributed by atoms with van der Waals surface area (Å²) in [5.74, 6) is 0.865. The van der Waals surface area contributed by atoms with Crippen LogP contribution in [0.25, 0.3) is 0 Å². The van der Waals surface area contributed by atoms with Gasteiger partial charge in [0.25, 0.3) is 0 Å². The molecule has 5 nitrogen and oxygen atoms in total. The molecule has 0 bridgehead atoms. The minimum atomic E-state index is 0.00877. The maximum Gasteiger partial charge on any atom is 0.170 e.